The van der Waals surface area contributed by atoms with Crippen LogP contribution in [0.4, 0.5) is 10.3 Å². The first kappa shape index (κ1) is 19.8. The second kappa shape index (κ2) is 7.85. The molecule has 0 aliphatic carbocycles. The van der Waals surface area contributed by atoms with Crippen LogP contribution in [0.3, 0.4) is 0 Å². The number of hydrogen-bond acceptors (Lipinski definition) is 5. The van der Waals surface area contributed by atoms with Crippen LogP contribution in [0.2, 0.25) is 0 Å². The van der Waals surface area contributed by atoms with E-state index in [1.54, 1.807) is 43.3 Å². The number of para-hydroxylation sites is 2. The van der Waals surface area contributed by atoms with Gasteiger partial charge in [0.2, 0.25) is 5.95 Å². The molecule has 32 heavy (non-hydrogen) atoms. The molecule has 0 fully saturated rings. The number of aromatic hydroxyl groups is 1. The Bertz CT molecular complexity index is 1340. The maximum absolute atomic E-state index is 13.6. The molecular formula is C25H20FN3O3. The summed E-state index contributed by atoms with van der Waals surface area (Å²) in [5.41, 5.74) is 3.90. The van der Waals surface area contributed by atoms with Crippen molar-refractivity contribution in [3.63, 3.8) is 0 Å². The minimum Gasteiger partial charge on any atom is -0.508 e. The molecule has 0 radical (unpaired) electrons. The third-order valence-electron chi connectivity index (χ3n) is 5.47. The number of carbonyl (C=O) groups excluding carboxylic acids is 1. The fraction of sp³-hybridized carbons (Fsp3) is 0.120. The number of phenols is 1. The van der Waals surface area contributed by atoms with Gasteiger partial charge in [-0.2, -0.15) is 0 Å². The van der Waals surface area contributed by atoms with Crippen LogP contribution in [-0.4, -0.2) is 27.2 Å². The average molecular weight is 429 g/mol. The summed E-state index contributed by atoms with van der Waals surface area (Å²) in [6.07, 6.45) is 0. The van der Waals surface area contributed by atoms with Crippen LogP contribution in [0.5, 0.6) is 5.75 Å². The molecule has 5 rings (SSSR count). The first-order chi connectivity index (χ1) is 15.6. The molecule has 6 nitrogen and oxygen atoms in total. The van der Waals surface area contributed by atoms with Gasteiger partial charge < -0.3 is 15.2 Å². The molecule has 0 spiro atoms. The number of ether oxygens (including phenoxy) is 1. The fourth-order valence-corrected chi connectivity index (χ4v) is 4.08. The summed E-state index contributed by atoms with van der Waals surface area (Å²) >= 11 is 0. The highest BCUT2D eigenvalue weighted by molar-refractivity contribution is 6.03. The van der Waals surface area contributed by atoms with Gasteiger partial charge in [-0.05, 0) is 66.6 Å². The Labute approximate surface area is 183 Å². The highest BCUT2D eigenvalue weighted by Crippen LogP contribution is 2.42. The highest BCUT2D eigenvalue weighted by Gasteiger charge is 2.36. The zero-order chi connectivity index (χ0) is 22.2. The maximum atomic E-state index is 13.6. The number of carbonyl (C=O) groups is 1. The van der Waals surface area contributed by atoms with E-state index in [0.29, 0.717) is 22.8 Å². The monoisotopic (exact) mass is 429 g/mol. The topological polar surface area (TPSA) is 76.4 Å². The number of nitrogens with zero attached hydrogens (tertiary/aromatic N) is 2. The second-order valence-electron chi connectivity index (χ2n) is 7.43. The minimum absolute atomic E-state index is 0.124. The van der Waals surface area contributed by atoms with Crippen LogP contribution in [0.1, 0.15) is 24.1 Å². The summed E-state index contributed by atoms with van der Waals surface area (Å²) in [7, 11) is 0. The molecule has 7 heteroatoms. The molecule has 2 heterocycles. The quantitative estimate of drug-likeness (QED) is 0.453. The number of rotatable bonds is 4. The van der Waals surface area contributed by atoms with Crippen molar-refractivity contribution in [1.82, 2.24) is 9.55 Å². The van der Waals surface area contributed by atoms with E-state index in [4.69, 9.17) is 9.72 Å². The first-order valence-electron chi connectivity index (χ1n) is 10.3. The maximum Gasteiger partial charge on any atom is 0.338 e. The normalized spacial score (nSPS) is 15.4. The van der Waals surface area contributed by atoms with E-state index >= 15 is 0 Å². The molecule has 2 N–H and O–H groups in total. The number of esters is 1. The summed E-state index contributed by atoms with van der Waals surface area (Å²) in [5, 5.41) is 13.1. The predicted octanol–water partition coefficient (Wildman–Crippen LogP) is 4.87. The van der Waals surface area contributed by atoms with Gasteiger partial charge >= 0.3 is 5.97 Å². The van der Waals surface area contributed by atoms with E-state index in [1.165, 1.54) is 12.1 Å². The summed E-state index contributed by atoms with van der Waals surface area (Å²) in [4.78, 5) is 18.0. The van der Waals surface area contributed by atoms with Gasteiger partial charge in [0.15, 0.2) is 0 Å². The van der Waals surface area contributed by atoms with Gasteiger partial charge in [0.1, 0.15) is 11.6 Å². The van der Waals surface area contributed by atoms with Crippen LogP contribution >= 0.6 is 0 Å². The molecule has 0 saturated carbocycles. The molecule has 4 aromatic rings. The summed E-state index contributed by atoms with van der Waals surface area (Å²) in [6.45, 7) is 1.96. The van der Waals surface area contributed by atoms with E-state index in [-0.39, 0.29) is 18.2 Å². The third-order valence-corrected chi connectivity index (χ3v) is 5.47. The number of hydrogen-bond donors (Lipinski definition) is 2. The van der Waals surface area contributed by atoms with E-state index in [1.807, 2.05) is 28.8 Å². The smallest absolute Gasteiger partial charge is 0.338 e. The number of halogens is 1. The zero-order valence-corrected chi connectivity index (χ0v) is 17.2. The van der Waals surface area contributed by atoms with Crippen molar-refractivity contribution < 1.29 is 19.0 Å². The van der Waals surface area contributed by atoms with Gasteiger partial charge in [-0.3, -0.25) is 4.57 Å². The number of anilines is 1. The fourth-order valence-electron chi connectivity index (χ4n) is 4.08. The summed E-state index contributed by atoms with van der Waals surface area (Å²) in [6, 6.07) is 19.7. The lowest BCUT2D eigenvalue weighted by Crippen LogP contribution is -2.29. The minimum atomic E-state index is -0.571. The number of aromatic nitrogens is 2. The van der Waals surface area contributed by atoms with Gasteiger partial charge in [-0.25, -0.2) is 14.2 Å². The van der Waals surface area contributed by atoms with Crippen LogP contribution in [0.15, 0.2) is 78.4 Å². The van der Waals surface area contributed by atoms with Crippen molar-refractivity contribution >= 4 is 28.6 Å². The molecule has 3 aromatic carbocycles. The number of phenolic OH excluding ortho intramolecular Hbond substituents is 1. The average Bonchev–Trinajstić information content (AvgIpc) is 3.17. The number of imidazole rings is 1. The Kier molecular flexibility index (Phi) is 4.86. The van der Waals surface area contributed by atoms with Crippen LogP contribution in [-0.2, 0) is 9.53 Å². The number of fused-ring (bicyclic) bond motifs is 3. The lowest BCUT2D eigenvalue weighted by molar-refractivity contribution is -0.138. The zero-order valence-electron chi connectivity index (χ0n) is 17.2. The Hall–Kier alpha value is -4.13. The second-order valence-corrected chi connectivity index (χ2v) is 7.43. The number of benzene rings is 3. The standard InChI is InChI=1S/C25H20FN3O3/c1-2-32-24(31)21-22(15-7-11-17(26)12-8-15)28-25-27-19-5-3-4-6-20(19)29(25)23(21)16-9-13-18(30)14-10-16/h3-14,23,30H,2H2,1H3,(H,27,28)/t23-/m0/s1. The summed E-state index contributed by atoms with van der Waals surface area (Å²) < 4.78 is 21.0. The van der Waals surface area contributed by atoms with Crippen molar-refractivity contribution in [2.45, 2.75) is 13.0 Å². The van der Waals surface area contributed by atoms with Gasteiger partial charge in [0, 0.05) is 0 Å². The van der Waals surface area contributed by atoms with Crippen molar-refractivity contribution in [2.24, 2.45) is 0 Å². The van der Waals surface area contributed by atoms with Crippen molar-refractivity contribution in [3.05, 3.63) is 95.3 Å². The first-order valence-corrected chi connectivity index (χ1v) is 10.3. The Balaban J connectivity index is 1.82. The molecule has 0 bridgehead atoms. The van der Waals surface area contributed by atoms with E-state index in [9.17, 15) is 14.3 Å². The lowest BCUT2D eigenvalue weighted by Gasteiger charge is -2.31. The van der Waals surface area contributed by atoms with E-state index < -0.39 is 12.0 Å². The van der Waals surface area contributed by atoms with Crippen LogP contribution in [0, 0.1) is 5.82 Å². The van der Waals surface area contributed by atoms with E-state index in [0.717, 1.165) is 16.6 Å². The molecule has 160 valence electrons. The summed E-state index contributed by atoms with van der Waals surface area (Å²) in [5.74, 6) is -0.179. The Morgan fingerprint density at radius 3 is 2.53 bits per heavy atom. The molecule has 1 aliphatic heterocycles. The van der Waals surface area contributed by atoms with Crippen molar-refractivity contribution in [1.29, 1.82) is 0 Å². The molecule has 0 saturated heterocycles. The molecule has 1 atom stereocenters. The Morgan fingerprint density at radius 1 is 1.09 bits per heavy atom. The van der Waals surface area contributed by atoms with Gasteiger partial charge in [-0.1, -0.05) is 24.3 Å². The van der Waals surface area contributed by atoms with Crippen LogP contribution in [0.25, 0.3) is 16.7 Å². The largest absolute Gasteiger partial charge is 0.508 e. The van der Waals surface area contributed by atoms with Crippen molar-refractivity contribution in [3.8, 4) is 5.75 Å². The molecule has 0 amide bonds. The molecule has 0 unspecified atom stereocenters. The predicted molar refractivity (Wildman–Crippen MR) is 120 cm³/mol. The van der Waals surface area contributed by atoms with Crippen molar-refractivity contribution in [2.75, 3.05) is 11.9 Å². The third kappa shape index (κ3) is 3.28. The lowest BCUT2D eigenvalue weighted by atomic mass is 9.92. The van der Waals surface area contributed by atoms with Gasteiger partial charge in [0.05, 0.1) is 35.0 Å². The number of nitrogens with one attached hydrogen (secondary N) is 1. The SMILES string of the molecule is CCOC(=O)C1=C(c2ccc(F)cc2)Nc2nc3ccccc3n2[C@H]1c1ccc(O)cc1. The Morgan fingerprint density at radius 2 is 1.81 bits per heavy atom. The van der Waals surface area contributed by atoms with Crippen LogP contribution < -0.4 is 5.32 Å². The van der Waals surface area contributed by atoms with Gasteiger partial charge in [0.25, 0.3) is 0 Å². The van der Waals surface area contributed by atoms with Gasteiger partial charge in [-0.15, -0.1) is 0 Å². The molecule has 1 aromatic heterocycles. The molecular weight excluding hydrogens is 409 g/mol. The highest BCUT2D eigenvalue weighted by atomic mass is 19.1. The van der Waals surface area contributed by atoms with E-state index in [2.05, 4.69) is 5.32 Å². The molecule has 1 aliphatic rings.